The van der Waals surface area contributed by atoms with Gasteiger partial charge in [-0.05, 0) is 30.5 Å². The van der Waals surface area contributed by atoms with Gasteiger partial charge in [0, 0.05) is 13.5 Å². The molecule has 0 saturated heterocycles. The number of fused-ring (bicyclic) bond motifs is 1. The minimum absolute atomic E-state index is 0.00763. The van der Waals surface area contributed by atoms with Crippen molar-refractivity contribution in [1.82, 2.24) is 10.9 Å². The molecule has 1 aliphatic rings. The second kappa shape index (κ2) is 5.54. The molecule has 0 fully saturated rings. The van der Waals surface area contributed by atoms with Crippen molar-refractivity contribution >= 4 is 5.91 Å². The number of carbonyl (C=O) groups excluding carboxylic acids is 1. The van der Waals surface area contributed by atoms with E-state index in [0.717, 1.165) is 29.9 Å². The fraction of sp³-hybridized carbons (Fsp3) is 0.417. The zero-order chi connectivity index (χ0) is 12.1. The number of aryl methyl sites for hydroxylation is 1. The van der Waals surface area contributed by atoms with Crippen LogP contribution in [0.5, 0.6) is 11.5 Å². The Morgan fingerprint density at radius 3 is 3.00 bits per heavy atom. The summed E-state index contributed by atoms with van der Waals surface area (Å²) in [5.74, 6) is 1.59. The lowest BCUT2D eigenvalue weighted by Crippen LogP contribution is -2.33. The fourth-order valence-electron chi connectivity index (χ4n) is 1.75. The normalized spacial score (nSPS) is 12.5. The first-order valence-corrected chi connectivity index (χ1v) is 5.63. The molecule has 92 valence electrons. The van der Waals surface area contributed by atoms with Crippen molar-refractivity contribution in [3.63, 3.8) is 0 Å². The highest BCUT2D eigenvalue weighted by Crippen LogP contribution is 2.32. The van der Waals surface area contributed by atoms with Gasteiger partial charge < -0.3 is 9.47 Å². The molecule has 0 aliphatic carbocycles. The lowest BCUT2D eigenvalue weighted by Gasteiger charge is -2.04. The largest absolute Gasteiger partial charge is 0.454 e. The lowest BCUT2D eigenvalue weighted by molar-refractivity contribution is -0.122. The molecule has 1 aromatic carbocycles. The summed E-state index contributed by atoms with van der Waals surface area (Å²) >= 11 is 0. The Balaban J connectivity index is 1.81. The Morgan fingerprint density at radius 2 is 2.18 bits per heavy atom. The van der Waals surface area contributed by atoms with Gasteiger partial charge in [-0.25, -0.2) is 5.43 Å². The first-order valence-electron chi connectivity index (χ1n) is 5.63. The van der Waals surface area contributed by atoms with E-state index < -0.39 is 0 Å². The molecular weight excluding hydrogens is 220 g/mol. The Morgan fingerprint density at radius 1 is 1.35 bits per heavy atom. The molecule has 2 N–H and O–H groups in total. The molecule has 0 spiro atoms. The van der Waals surface area contributed by atoms with Crippen molar-refractivity contribution in [2.75, 3.05) is 13.8 Å². The van der Waals surface area contributed by atoms with E-state index in [4.69, 9.17) is 9.47 Å². The summed E-state index contributed by atoms with van der Waals surface area (Å²) in [7, 11) is 1.68. The Kier molecular flexibility index (Phi) is 3.82. The summed E-state index contributed by atoms with van der Waals surface area (Å²) in [6, 6.07) is 5.88. The molecular formula is C12H16N2O3. The highest BCUT2D eigenvalue weighted by Gasteiger charge is 2.12. The molecule has 1 amide bonds. The molecule has 17 heavy (non-hydrogen) atoms. The van der Waals surface area contributed by atoms with Crippen LogP contribution in [0.1, 0.15) is 18.4 Å². The second-order valence-electron chi connectivity index (χ2n) is 3.84. The van der Waals surface area contributed by atoms with Gasteiger partial charge in [0.2, 0.25) is 12.7 Å². The molecule has 0 unspecified atom stereocenters. The van der Waals surface area contributed by atoms with Crippen LogP contribution in [0.3, 0.4) is 0 Å². The quantitative estimate of drug-likeness (QED) is 0.748. The molecule has 2 rings (SSSR count). The van der Waals surface area contributed by atoms with Crippen LogP contribution in [0, 0.1) is 0 Å². The maximum Gasteiger partial charge on any atom is 0.234 e. The highest BCUT2D eigenvalue weighted by atomic mass is 16.7. The number of amides is 1. The van der Waals surface area contributed by atoms with Gasteiger partial charge in [-0.3, -0.25) is 10.2 Å². The topological polar surface area (TPSA) is 59.6 Å². The van der Waals surface area contributed by atoms with E-state index in [1.54, 1.807) is 7.05 Å². The summed E-state index contributed by atoms with van der Waals surface area (Å²) < 4.78 is 10.5. The summed E-state index contributed by atoms with van der Waals surface area (Å²) in [5, 5.41) is 0. The van der Waals surface area contributed by atoms with Gasteiger partial charge in [0.1, 0.15) is 0 Å². The molecule has 1 heterocycles. The van der Waals surface area contributed by atoms with Gasteiger partial charge in [-0.15, -0.1) is 0 Å². The monoisotopic (exact) mass is 236 g/mol. The first-order chi connectivity index (χ1) is 8.29. The molecule has 1 aliphatic heterocycles. The average Bonchev–Trinajstić information content (AvgIpc) is 2.76. The van der Waals surface area contributed by atoms with Gasteiger partial charge in [0.05, 0.1) is 0 Å². The van der Waals surface area contributed by atoms with Crippen LogP contribution in [0.4, 0.5) is 0 Å². The Labute approximate surface area is 100 Å². The van der Waals surface area contributed by atoms with Crippen molar-refractivity contribution in [1.29, 1.82) is 0 Å². The van der Waals surface area contributed by atoms with E-state index in [-0.39, 0.29) is 5.91 Å². The standard InChI is InChI=1S/C12H16N2O3/c1-13-14-12(15)4-2-3-9-5-6-10-11(7-9)17-8-16-10/h5-7,13H,2-4,8H2,1H3,(H,14,15). The molecule has 0 saturated carbocycles. The van der Waals surface area contributed by atoms with Crippen LogP contribution in [-0.2, 0) is 11.2 Å². The number of rotatable bonds is 5. The summed E-state index contributed by atoms with van der Waals surface area (Å²) in [6.45, 7) is 0.295. The van der Waals surface area contributed by atoms with Crippen molar-refractivity contribution < 1.29 is 14.3 Å². The van der Waals surface area contributed by atoms with E-state index in [1.807, 2.05) is 18.2 Å². The fourth-order valence-corrected chi connectivity index (χ4v) is 1.75. The van der Waals surface area contributed by atoms with E-state index in [9.17, 15) is 4.79 Å². The number of ether oxygens (including phenoxy) is 2. The van der Waals surface area contributed by atoms with Gasteiger partial charge in [-0.2, -0.15) is 0 Å². The van der Waals surface area contributed by atoms with Crippen LogP contribution < -0.4 is 20.3 Å². The van der Waals surface area contributed by atoms with E-state index in [0.29, 0.717) is 13.2 Å². The zero-order valence-corrected chi connectivity index (χ0v) is 9.79. The number of nitrogens with one attached hydrogen (secondary N) is 2. The highest BCUT2D eigenvalue weighted by molar-refractivity contribution is 5.75. The van der Waals surface area contributed by atoms with Gasteiger partial charge in [-0.1, -0.05) is 6.07 Å². The smallest absolute Gasteiger partial charge is 0.234 e. The molecule has 0 aromatic heterocycles. The summed E-state index contributed by atoms with van der Waals surface area (Å²) in [4.78, 5) is 11.2. The van der Waals surface area contributed by atoms with E-state index >= 15 is 0 Å². The van der Waals surface area contributed by atoms with Crippen LogP contribution in [0.2, 0.25) is 0 Å². The third-order valence-electron chi connectivity index (χ3n) is 2.57. The number of hydrogen-bond donors (Lipinski definition) is 2. The van der Waals surface area contributed by atoms with Crippen molar-refractivity contribution in [3.8, 4) is 11.5 Å². The predicted octanol–water partition coefficient (Wildman–Crippen LogP) is 0.989. The zero-order valence-electron chi connectivity index (χ0n) is 9.79. The van der Waals surface area contributed by atoms with Crippen LogP contribution >= 0.6 is 0 Å². The van der Waals surface area contributed by atoms with Crippen molar-refractivity contribution in [3.05, 3.63) is 23.8 Å². The third-order valence-corrected chi connectivity index (χ3v) is 2.57. The summed E-state index contributed by atoms with van der Waals surface area (Å²) in [6.07, 6.45) is 2.18. The Hall–Kier alpha value is -1.75. The Bertz CT molecular complexity index is 407. The van der Waals surface area contributed by atoms with Crippen LogP contribution in [0.15, 0.2) is 18.2 Å². The first kappa shape index (κ1) is 11.7. The number of benzene rings is 1. The molecule has 1 aromatic rings. The van der Waals surface area contributed by atoms with Crippen molar-refractivity contribution in [2.45, 2.75) is 19.3 Å². The van der Waals surface area contributed by atoms with Crippen LogP contribution in [0.25, 0.3) is 0 Å². The maximum absolute atomic E-state index is 11.2. The second-order valence-corrected chi connectivity index (χ2v) is 3.84. The van der Waals surface area contributed by atoms with Gasteiger partial charge in [0.25, 0.3) is 0 Å². The molecule has 0 atom stereocenters. The van der Waals surface area contributed by atoms with Crippen LogP contribution in [-0.4, -0.2) is 19.7 Å². The third kappa shape index (κ3) is 3.10. The molecule has 0 bridgehead atoms. The lowest BCUT2D eigenvalue weighted by atomic mass is 10.1. The maximum atomic E-state index is 11.2. The molecule has 5 heteroatoms. The van der Waals surface area contributed by atoms with Gasteiger partial charge in [0.15, 0.2) is 11.5 Å². The number of hydrazine groups is 1. The minimum atomic E-state index is 0.00763. The van der Waals surface area contributed by atoms with Crippen molar-refractivity contribution in [2.24, 2.45) is 0 Å². The predicted molar refractivity (Wildman–Crippen MR) is 62.7 cm³/mol. The number of carbonyl (C=O) groups is 1. The SMILES string of the molecule is CNNC(=O)CCCc1ccc2c(c1)OCO2. The average molecular weight is 236 g/mol. The molecule has 5 nitrogen and oxygen atoms in total. The van der Waals surface area contributed by atoms with E-state index in [1.165, 1.54) is 0 Å². The van der Waals surface area contributed by atoms with Gasteiger partial charge >= 0.3 is 0 Å². The summed E-state index contributed by atoms with van der Waals surface area (Å²) in [5.41, 5.74) is 6.31. The van der Waals surface area contributed by atoms with E-state index in [2.05, 4.69) is 10.9 Å². The molecule has 0 radical (unpaired) electrons. The number of hydrogen-bond acceptors (Lipinski definition) is 4. The minimum Gasteiger partial charge on any atom is -0.454 e.